The average Bonchev–Trinajstić information content (AvgIpc) is 2.65. The van der Waals surface area contributed by atoms with Crippen molar-refractivity contribution in [2.24, 2.45) is 0 Å². The van der Waals surface area contributed by atoms with Gasteiger partial charge in [-0.1, -0.05) is 29.8 Å². The Bertz CT molecular complexity index is 683. The van der Waals surface area contributed by atoms with Crippen LogP contribution in [0.25, 0.3) is 0 Å². The monoisotopic (exact) mass is 436 g/mol. The normalized spacial score (nSPS) is 19.1. The molecule has 0 heterocycles. The fourth-order valence-electron chi connectivity index (χ4n) is 3.81. The number of hydrogen-bond acceptors (Lipinski definition) is 7. The number of hydrogen-bond donors (Lipinski definition) is 0. The Morgan fingerprint density at radius 3 is 1.83 bits per heavy atom. The largest absolute Gasteiger partial charge is 0.705 e. The summed E-state index contributed by atoms with van der Waals surface area (Å²) in [5.74, 6) is -1.39. The Morgan fingerprint density at radius 1 is 0.867 bits per heavy atom. The summed E-state index contributed by atoms with van der Waals surface area (Å²) in [6.07, 6.45) is 4.77. The second kappa shape index (κ2) is 11.3. The zero-order valence-corrected chi connectivity index (χ0v) is 19.3. The Morgan fingerprint density at radius 2 is 1.37 bits per heavy atom. The first-order valence-electron chi connectivity index (χ1n) is 10.5. The van der Waals surface area contributed by atoms with Gasteiger partial charge >= 0.3 is 8.80 Å². The van der Waals surface area contributed by atoms with Crippen molar-refractivity contribution in [1.29, 1.82) is 0 Å². The molecule has 166 valence electrons. The summed E-state index contributed by atoms with van der Waals surface area (Å²) in [5, 5.41) is 0. The molecule has 0 aliphatic heterocycles. The maximum absolute atomic E-state index is 11.5. The summed E-state index contributed by atoms with van der Waals surface area (Å²) >= 11 is 0. The zero-order chi connectivity index (χ0) is 22.1. The van der Waals surface area contributed by atoms with Crippen molar-refractivity contribution in [3.8, 4) is 0 Å². The molecule has 0 saturated heterocycles. The van der Waals surface area contributed by atoms with Gasteiger partial charge in [0.2, 0.25) is 0 Å². The molecule has 0 bridgehead atoms. The number of carbonyl (C=O) groups is 3. The van der Waals surface area contributed by atoms with Gasteiger partial charge in [0, 0.05) is 27.4 Å². The van der Waals surface area contributed by atoms with E-state index < -0.39 is 26.7 Å². The zero-order valence-electron chi connectivity index (χ0n) is 18.3. The standard InChI is InChI=1S/C22H32O7Si/c1-16-6-8-20(9-7-16)21-10-12-22(13-11-21)26-14-5-15-30(27-17(2)23,28-18(3)24)29-19(4)25/h6-9,21-22H,5,10-15H2,1-4H3. The van der Waals surface area contributed by atoms with Gasteiger partial charge in [-0.25, -0.2) is 0 Å². The van der Waals surface area contributed by atoms with Gasteiger partial charge in [-0.05, 0) is 50.5 Å². The van der Waals surface area contributed by atoms with Gasteiger partial charge in [-0.2, -0.15) is 0 Å². The fourth-order valence-corrected chi connectivity index (χ4v) is 6.14. The minimum absolute atomic E-state index is 0.143. The molecule has 1 saturated carbocycles. The molecular weight excluding hydrogens is 404 g/mol. The van der Waals surface area contributed by atoms with E-state index in [1.807, 2.05) is 0 Å². The van der Waals surface area contributed by atoms with Crippen LogP contribution in [0.15, 0.2) is 24.3 Å². The lowest BCUT2D eigenvalue weighted by Gasteiger charge is -2.29. The molecule has 1 fully saturated rings. The highest BCUT2D eigenvalue weighted by molar-refractivity contribution is 6.65. The van der Waals surface area contributed by atoms with Crippen molar-refractivity contribution in [3.63, 3.8) is 0 Å². The number of benzene rings is 1. The second-order valence-electron chi connectivity index (χ2n) is 7.82. The van der Waals surface area contributed by atoms with Crippen molar-refractivity contribution in [3.05, 3.63) is 35.4 Å². The van der Waals surface area contributed by atoms with E-state index in [2.05, 4.69) is 31.2 Å². The second-order valence-corrected chi connectivity index (χ2v) is 10.3. The van der Waals surface area contributed by atoms with Gasteiger partial charge in [-0.3, -0.25) is 14.4 Å². The van der Waals surface area contributed by atoms with Crippen LogP contribution < -0.4 is 0 Å². The van der Waals surface area contributed by atoms with E-state index in [0.717, 1.165) is 25.7 Å². The van der Waals surface area contributed by atoms with E-state index in [4.69, 9.17) is 18.0 Å². The molecule has 30 heavy (non-hydrogen) atoms. The average molecular weight is 437 g/mol. The summed E-state index contributed by atoms with van der Waals surface area (Å²) in [6, 6.07) is 8.88. The SMILES string of the molecule is CC(=O)O[Si](CCCOC1CCC(c2ccc(C)cc2)CC1)(OC(C)=O)OC(C)=O. The quantitative estimate of drug-likeness (QED) is 0.426. The third kappa shape index (κ3) is 7.91. The predicted molar refractivity (Wildman–Crippen MR) is 113 cm³/mol. The molecule has 0 spiro atoms. The highest BCUT2D eigenvalue weighted by Crippen LogP contribution is 2.34. The van der Waals surface area contributed by atoms with Crippen LogP contribution in [0.5, 0.6) is 0 Å². The highest BCUT2D eigenvalue weighted by Gasteiger charge is 2.51. The third-order valence-corrected chi connectivity index (χ3v) is 7.86. The molecule has 0 N–H and O–H groups in total. The Balaban J connectivity index is 1.81. The molecule has 0 unspecified atom stereocenters. The highest BCUT2D eigenvalue weighted by atomic mass is 28.4. The third-order valence-electron chi connectivity index (χ3n) is 5.10. The van der Waals surface area contributed by atoms with Crippen LogP contribution in [0.4, 0.5) is 0 Å². The number of carbonyl (C=O) groups excluding carboxylic acids is 3. The maximum atomic E-state index is 11.5. The van der Waals surface area contributed by atoms with Crippen LogP contribution in [0, 0.1) is 6.92 Å². The Kier molecular flexibility index (Phi) is 9.04. The van der Waals surface area contributed by atoms with E-state index in [9.17, 15) is 14.4 Å². The van der Waals surface area contributed by atoms with Gasteiger partial charge in [0.25, 0.3) is 17.9 Å². The van der Waals surface area contributed by atoms with Crippen molar-refractivity contribution >= 4 is 26.7 Å². The van der Waals surface area contributed by atoms with Gasteiger partial charge in [0.15, 0.2) is 0 Å². The van der Waals surface area contributed by atoms with Gasteiger partial charge < -0.3 is 18.0 Å². The molecule has 1 aromatic carbocycles. The molecule has 0 radical (unpaired) electrons. The minimum Gasteiger partial charge on any atom is -0.455 e. The van der Waals surface area contributed by atoms with Gasteiger partial charge in [0.05, 0.1) is 12.1 Å². The maximum Gasteiger partial charge on any atom is 0.705 e. The van der Waals surface area contributed by atoms with E-state index in [1.165, 1.54) is 31.9 Å². The van der Waals surface area contributed by atoms with Gasteiger partial charge in [0.1, 0.15) is 0 Å². The molecule has 2 rings (SSSR count). The Labute approximate surface area is 179 Å². The molecule has 8 heteroatoms. The van der Waals surface area contributed by atoms with Crippen LogP contribution in [0.3, 0.4) is 0 Å². The van der Waals surface area contributed by atoms with E-state index >= 15 is 0 Å². The predicted octanol–water partition coefficient (Wildman–Crippen LogP) is 4.06. The van der Waals surface area contributed by atoms with Crippen LogP contribution in [0.2, 0.25) is 6.04 Å². The lowest BCUT2D eigenvalue weighted by atomic mass is 9.82. The summed E-state index contributed by atoms with van der Waals surface area (Å²) in [6.45, 7) is 6.09. The molecule has 1 aliphatic carbocycles. The summed E-state index contributed by atoms with van der Waals surface area (Å²) in [7, 11) is -3.76. The molecule has 0 aromatic heterocycles. The molecule has 0 amide bonds. The lowest BCUT2D eigenvalue weighted by molar-refractivity contribution is -0.147. The van der Waals surface area contributed by atoms with Crippen LogP contribution in [-0.4, -0.2) is 39.4 Å². The van der Waals surface area contributed by atoms with Gasteiger partial charge in [-0.15, -0.1) is 0 Å². The summed E-state index contributed by atoms with van der Waals surface area (Å²) in [5.41, 5.74) is 2.66. The first kappa shape index (κ1) is 24.1. The van der Waals surface area contributed by atoms with E-state index in [-0.39, 0.29) is 12.1 Å². The van der Waals surface area contributed by atoms with Crippen LogP contribution in [0.1, 0.15) is 69.9 Å². The minimum atomic E-state index is -3.76. The Hall–Kier alpha value is -2.19. The van der Waals surface area contributed by atoms with E-state index in [1.54, 1.807) is 0 Å². The molecule has 1 aromatic rings. The van der Waals surface area contributed by atoms with Crippen molar-refractivity contribution in [2.75, 3.05) is 6.61 Å². The number of ether oxygens (including phenoxy) is 1. The summed E-state index contributed by atoms with van der Waals surface area (Å²) < 4.78 is 21.5. The summed E-state index contributed by atoms with van der Waals surface area (Å²) in [4.78, 5) is 34.4. The first-order chi connectivity index (χ1) is 14.2. The smallest absolute Gasteiger partial charge is 0.455 e. The van der Waals surface area contributed by atoms with Crippen LogP contribution >= 0.6 is 0 Å². The molecule has 1 aliphatic rings. The number of rotatable bonds is 9. The molecule has 7 nitrogen and oxygen atoms in total. The molecular formula is C22H32O7Si. The lowest BCUT2D eigenvalue weighted by Crippen LogP contribution is -2.49. The van der Waals surface area contributed by atoms with Crippen molar-refractivity contribution < 1.29 is 32.4 Å². The van der Waals surface area contributed by atoms with E-state index in [0.29, 0.717) is 18.9 Å². The van der Waals surface area contributed by atoms with Crippen molar-refractivity contribution in [1.82, 2.24) is 0 Å². The van der Waals surface area contributed by atoms with Crippen molar-refractivity contribution in [2.45, 2.75) is 77.9 Å². The van der Waals surface area contributed by atoms with Crippen LogP contribution in [-0.2, 0) is 32.4 Å². The fraction of sp³-hybridized carbons (Fsp3) is 0.591. The topological polar surface area (TPSA) is 88.1 Å². The molecule has 0 atom stereocenters. The number of aryl methyl sites for hydroxylation is 1. The first-order valence-corrected chi connectivity index (χ1v) is 12.4.